The first-order valence-electron chi connectivity index (χ1n) is 6.28. The van der Waals surface area contributed by atoms with Gasteiger partial charge in [-0.2, -0.15) is 0 Å². The maximum Gasteiger partial charge on any atom is 0.224 e. The van der Waals surface area contributed by atoms with E-state index in [1.807, 2.05) is 42.5 Å². The predicted molar refractivity (Wildman–Crippen MR) is 80.8 cm³/mol. The minimum atomic E-state index is -0.557. The van der Waals surface area contributed by atoms with E-state index in [2.05, 4.69) is 15.9 Å². The van der Waals surface area contributed by atoms with Crippen molar-refractivity contribution in [3.8, 4) is 0 Å². The zero-order valence-electron chi connectivity index (χ0n) is 10.8. The maximum absolute atomic E-state index is 12.6. The lowest BCUT2D eigenvalue weighted by Crippen LogP contribution is -2.31. The molecule has 3 nitrogen and oxygen atoms in total. The van der Waals surface area contributed by atoms with E-state index in [1.54, 1.807) is 11.0 Å². The van der Waals surface area contributed by atoms with Gasteiger partial charge >= 0.3 is 0 Å². The monoisotopic (exact) mass is 329 g/mol. The molecule has 0 saturated heterocycles. The molecule has 1 aliphatic heterocycles. The fourth-order valence-corrected chi connectivity index (χ4v) is 2.95. The Bertz CT molecular complexity index is 697. The Hall–Kier alpha value is -1.94. The Kier molecular flexibility index (Phi) is 3.18. The summed E-state index contributed by atoms with van der Waals surface area (Å²) in [7, 11) is 0. The molecule has 0 N–H and O–H groups in total. The van der Waals surface area contributed by atoms with Crippen LogP contribution >= 0.6 is 15.9 Å². The molecule has 3 rings (SSSR count). The number of benzene rings is 2. The maximum atomic E-state index is 12.6. The Labute approximate surface area is 125 Å². The third-order valence-electron chi connectivity index (χ3n) is 3.45. The standard InChI is InChI=1S/C16H12BrNO2/c1-10(19)18-14-9-12(17)7-8-13(14)16(20)15(18)11-5-3-2-4-6-11/h2-9,15H,1H3. The second-order valence-electron chi connectivity index (χ2n) is 4.73. The number of amides is 1. The van der Waals surface area contributed by atoms with E-state index in [0.717, 1.165) is 10.0 Å². The molecule has 1 unspecified atom stereocenters. The second-order valence-corrected chi connectivity index (χ2v) is 5.64. The van der Waals surface area contributed by atoms with Crippen molar-refractivity contribution in [2.45, 2.75) is 13.0 Å². The fraction of sp³-hybridized carbons (Fsp3) is 0.125. The van der Waals surface area contributed by atoms with Crippen LogP contribution in [0, 0.1) is 0 Å². The van der Waals surface area contributed by atoms with Crippen molar-refractivity contribution in [3.05, 3.63) is 64.1 Å². The van der Waals surface area contributed by atoms with E-state index < -0.39 is 6.04 Å². The first kappa shape index (κ1) is 13.1. The van der Waals surface area contributed by atoms with Crippen LogP contribution in [0.4, 0.5) is 5.69 Å². The molecule has 1 atom stereocenters. The van der Waals surface area contributed by atoms with Crippen molar-refractivity contribution >= 4 is 33.3 Å². The third kappa shape index (κ3) is 1.96. The van der Waals surface area contributed by atoms with E-state index in [1.165, 1.54) is 6.92 Å². The number of hydrogen-bond acceptors (Lipinski definition) is 2. The lowest BCUT2D eigenvalue weighted by molar-refractivity contribution is -0.116. The van der Waals surface area contributed by atoms with E-state index in [9.17, 15) is 9.59 Å². The van der Waals surface area contributed by atoms with E-state index in [4.69, 9.17) is 0 Å². The highest BCUT2D eigenvalue weighted by Gasteiger charge is 2.40. The van der Waals surface area contributed by atoms with Crippen LogP contribution in [0.15, 0.2) is 53.0 Å². The molecule has 1 heterocycles. The van der Waals surface area contributed by atoms with Gasteiger partial charge in [-0.15, -0.1) is 0 Å². The molecule has 0 radical (unpaired) electrons. The van der Waals surface area contributed by atoms with Crippen LogP contribution in [0.1, 0.15) is 28.9 Å². The van der Waals surface area contributed by atoms with E-state index in [-0.39, 0.29) is 11.7 Å². The summed E-state index contributed by atoms with van der Waals surface area (Å²) in [5, 5.41) is 0. The number of anilines is 1. The molecule has 0 saturated carbocycles. The number of carbonyl (C=O) groups is 2. The summed E-state index contributed by atoms with van der Waals surface area (Å²) in [6.45, 7) is 1.49. The lowest BCUT2D eigenvalue weighted by atomic mass is 10.0. The van der Waals surface area contributed by atoms with Gasteiger partial charge in [-0.05, 0) is 23.8 Å². The number of Topliss-reactive ketones (excluding diaryl/α,β-unsaturated/α-hetero) is 1. The Morgan fingerprint density at radius 1 is 1.15 bits per heavy atom. The van der Waals surface area contributed by atoms with Gasteiger partial charge in [0.15, 0.2) is 5.78 Å². The molecule has 0 bridgehead atoms. The summed E-state index contributed by atoms with van der Waals surface area (Å²) in [5.41, 5.74) is 2.10. The molecular formula is C16H12BrNO2. The molecular weight excluding hydrogens is 318 g/mol. The van der Waals surface area contributed by atoms with E-state index >= 15 is 0 Å². The van der Waals surface area contributed by atoms with Crippen molar-refractivity contribution in [1.29, 1.82) is 0 Å². The van der Waals surface area contributed by atoms with Crippen LogP contribution in [-0.2, 0) is 4.79 Å². The van der Waals surface area contributed by atoms with Crippen LogP contribution in [0.3, 0.4) is 0 Å². The van der Waals surface area contributed by atoms with Gasteiger partial charge in [0.25, 0.3) is 0 Å². The lowest BCUT2D eigenvalue weighted by Gasteiger charge is -2.23. The largest absolute Gasteiger partial charge is 0.297 e. The first-order chi connectivity index (χ1) is 9.59. The molecule has 1 amide bonds. The normalized spacial score (nSPS) is 17.2. The smallest absolute Gasteiger partial charge is 0.224 e. The highest BCUT2D eigenvalue weighted by atomic mass is 79.9. The Balaban J connectivity index is 2.18. The van der Waals surface area contributed by atoms with Crippen molar-refractivity contribution in [2.75, 3.05) is 4.90 Å². The summed E-state index contributed by atoms with van der Waals surface area (Å²) in [6.07, 6.45) is 0. The van der Waals surface area contributed by atoms with Gasteiger partial charge in [0.05, 0.1) is 5.69 Å². The molecule has 0 fully saturated rings. The van der Waals surface area contributed by atoms with Gasteiger partial charge in [0.2, 0.25) is 5.91 Å². The minimum absolute atomic E-state index is 0.0334. The molecule has 2 aromatic carbocycles. The van der Waals surface area contributed by atoms with Gasteiger partial charge in [-0.1, -0.05) is 46.3 Å². The number of ketones is 1. The average molecular weight is 330 g/mol. The van der Waals surface area contributed by atoms with E-state index in [0.29, 0.717) is 11.3 Å². The molecule has 20 heavy (non-hydrogen) atoms. The Morgan fingerprint density at radius 3 is 2.50 bits per heavy atom. The molecule has 0 aromatic heterocycles. The predicted octanol–water partition coefficient (Wildman–Crippen LogP) is 3.74. The SMILES string of the molecule is CC(=O)N1c2cc(Br)ccc2C(=O)C1c1ccccc1. The highest BCUT2D eigenvalue weighted by Crippen LogP contribution is 2.41. The summed E-state index contributed by atoms with van der Waals surface area (Å²) in [6, 6.07) is 14.2. The number of fused-ring (bicyclic) bond motifs is 1. The molecule has 2 aromatic rings. The first-order valence-corrected chi connectivity index (χ1v) is 7.07. The van der Waals surface area contributed by atoms with Crippen LogP contribution in [0.2, 0.25) is 0 Å². The second kappa shape index (κ2) is 4.87. The van der Waals surface area contributed by atoms with Gasteiger partial charge in [0.1, 0.15) is 6.04 Å². The van der Waals surface area contributed by atoms with Gasteiger partial charge in [-0.25, -0.2) is 0 Å². The molecule has 0 spiro atoms. The number of carbonyl (C=O) groups excluding carboxylic acids is 2. The van der Waals surface area contributed by atoms with Gasteiger partial charge < -0.3 is 0 Å². The third-order valence-corrected chi connectivity index (χ3v) is 3.94. The number of rotatable bonds is 1. The minimum Gasteiger partial charge on any atom is -0.297 e. The summed E-state index contributed by atoms with van der Waals surface area (Å²) >= 11 is 3.39. The highest BCUT2D eigenvalue weighted by molar-refractivity contribution is 9.10. The number of nitrogens with zero attached hydrogens (tertiary/aromatic N) is 1. The van der Waals surface area contributed by atoms with Crippen LogP contribution in [0.5, 0.6) is 0 Å². The average Bonchev–Trinajstić information content (AvgIpc) is 2.72. The number of halogens is 1. The molecule has 100 valence electrons. The molecule has 0 aliphatic carbocycles. The summed E-state index contributed by atoms with van der Waals surface area (Å²) in [5.74, 6) is -0.169. The number of hydrogen-bond donors (Lipinski definition) is 0. The molecule has 4 heteroatoms. The quantitative estimate of drug-likeness (QED) is 0.799. The van der Waals surface area contributed by atoms with Crippen LogP contribution in [0.25, 0.3) is 0 Å². The van der Waals surface area contributed by atoms with Crippen molar-refractivity contribution in [2.24, 2.45) is 0 Å². The fourth-order valence-electron chi connectivity index (χ4n) is 2.60. The van der Waals surface area contributed by atoms with Crippen molar-refractivity contribution < 1.29 is 9.59 Å². The van der Waals surface area contributed by atoms with Crippen LogP contribution < -0.4 is 4.90 Å². The van der Waals surface area contributed by atoms with Crippen LogP contribution in [-0.4, -0.2) is 11.7 Å². The van der Waals surface area contributed by atoms with Gasteiger partial charge in [-0.3, -0.25) is 14.5 Å². The zero-order valence-corrected chi connectivity index (χ0v) is 12.4. The topological polar surface area (TPSA) is 37.4 Å². The van der Waals surface area contributed by atoms with Crippen molar-refractivity contribution in [3.63, 3.8) is 0 Å². The summed E-state index contributed by atoms with van der Waals surface area (Å²) in [4.78, 5) is 26.2. The Morgan fingerprint density at radius 2 is 1.85 bits per heavy atom. The summed E-state index contributed by atoms with van der Waals surface area (Å²) < 4.78 is 0.851. The van der Waals surface area contributed by atoms with Gasteiger partial charge in [0, 0.05) is 17.0 Å². The van der Waals surface area contributed by atoms with Crippen molar-refractivity contribution in [1.82, 2.24) is 0 Å². The molecule has 1 aliphatic rings. The zero-order chi connectivity index (χ0) is 14.3.